The number of ether oxygens (including phenoxy) is 1. The molecule has 1 aliphatic heterocycles. The Hall–Kier alpha value is -2.61. The minimum atomic E-state index is -0.339. The van der Waals surface area contributed by atoms with Crippen molar-refractivity contribution in [2.75, 3.05) is 0 Å². The van der Waals surface area contributed by atoms with Crippen molar-refractivity contribution in [2.24, 2.45) is 5.41 Å². The van der Waals surface area contributed by atoms with Gasteiger partial charge in [0.25, 0.3) is 0 Å². The van der Waals surface area contributed by atoms with E-state index in [9.17, 15) is 4.79 Å². The summed E-state index contributed by atoms with van der Waals surface area (Å²) in [5, 5.41) is 2.29. The van der Waals surface area contributed by atoms with Crippen LogP contribution in [0.5, 0.6) is 0 Å². The van der Waals surface area contributed by atoms with Gasteiger partial charge in [-0.3, -0.25) is 0 Å². The molecule has 2 heteroatoms. The molecule has 0 radical (unpaired) electrons. The van der Waals surface area contributed by atoms with Gasteiger partial charge in [-0.1, -0.05) is 80.6 Å². The van der Waals surface area contributed by atoms with E-state index < -0.39 is 0 Å². The van der Waals surface area contributed by atoms with Crippen LogP contribution < -0.4 is 0 Å². The van der Waals surface area contributed by atoms with Crippen molar-refractivity contribution in [1.29, 1.82) is 0 Å². The van der Waals surface area contributed by atoms with Gasteiger partial charge in [0.05, 0.1) is 5.57 Å². The van der Waals surface area contributed by atoms with Crippen molar-refractivity contribution >= 4 is 16.7 Å². The normalized spacial score (nSPS) is 24.9. The minimum Gasteiger partial charge on any atom is -0.449 e. The van der Waals surface area contributed by atoms with E-state index in [0.29, 0.717) is 5.57 Å². The molecule has 0 fully saturated rings. The largest absolute Gasteiger partial charge is 0.449 e. The van der Waals surface area contributed by atoms with E-state index in [1.165, 1.54) is 0 Å². The van der Waals surface area contributed by atoms with Gasteiger partial charge in [0.1, 0.15) is 0 Å². The average Bonchev–Trinajstić information content (AvgIpc) is 2.86. The van der Waals surface area contributed by atoms with Crippen LogP contribution in [0.15, 0.2) is 77.9 Å². The van der Waals surface area contributed by atoms with Gasteiger partial charge >= 0.3 is 5.97 Å². The van der Waals surface area contributed by atoms with Crippen LogP contribution in [0, 0.1) is 5.41 Å². The average molecular weight is 316 g/mol. The number of benzene rings is 2. The van der Waals surface area contributed by atoms with E-state index in [0.717, 1.165) is 28.3 Å². The summed E-state index contributed by atoms with van der Waals surface area (Å²) in [6, 6.07) is 14.4. The Morgan fingerprint density at radius 3 is 2.71 bits per heavy atom. The first-order valence-electron chi connectivity index (χ1n) is 8.34. The van der Waals surface area contributed by atoms with Crippen LogP contribution in [0.25, 0.3) is 10.8 Å². The fourth-order valence-electron chi connectivity index (χ4n) is 3.41. The zero-order chi connectivity index (χ0) is 16.7. The van der Waals surface area contributed by atoms with E-state index in [1.807, 2.05) is 24.3 Å². The second-order valence-corrected chi connectivity index (χ2v) is 7.15. The van der Waals surface area contributed by atoms with Crippen molar-refractivity contribution in [3.8, 4) is 0 Å². The zero-order valence-corrected chi connectivity index (χ0v) is 14.0. The molecule has 120 valence electrons. The minimum absolute atomic E-state index is 0.0734. The van der Waals surface area contributed by atoms with Crippen LogP contribution in [-0.2, 0) is 9.53 Å². The smallest absolute Gasteiger partial charge is 0.339 e. The molecule has 2 nitrogen and oxygen atoms in total. The second-order valence-electron chi connectivity index (χ2n) is 7.15. The Balaban J connectivity index is 1.88. The molecule has 0 spiro atoms. The Bertz CT molecular complexity index is 907. The molecule has 2 aromatic carbocycles. The van der Waals surface area contributed by atoms with Gasteiger partial charge in [-0.05, 0) is 22.6 Å². The van der Waals surface area contributed by atoms with Crippen LogP contribution in [0.3, 0.4) is 0 Å². The molecule has 0 N–H and O–H groups in total. The van der Waals surface area contributed by atoms with Crippen LogP contribution in [-0.4, -0.2) is 5.97 Å². The Morgan fingerprint density at radius 2 is 1.83 bits per heavy atom. The molecule has 1 unspecified atom stereocenters. The van der Waals surface area contributed by atoms with Crippen LogP contribution in [0.4, 0.5) is 0 Å². The quantitative estimate of drug-likeness (QED) is 0.669. The number of fused-ring (bicyclic) bond motifs is 1. The molecule has 1 aliphatic carbocycles. The summed E-state index contributed by atoms with van der Waals surface area (Å²) in [5.41, 5.74) is 2.76. The summed E-state index contributed by atoms with van der Waals surface area (Å²) < 4.78 is 5.77. The third kappa shape index (κ3) is 2.48. The van der Waals surface area contributed by atoms with Gasteiger partial charge in [0.2, 0.25) is 0 Å². The number of carbonyl (C=O) groups is 1. The lowest BCUT2D eigenvalue weighted by Crippen LogP contribution is -2.07. The first-order valence-corrected chi connectivity index (χ1v) is 8.34. The molecular weight excluding hydrogens is 296 g/mol. The standard InChI is InChI=1S/C22H20O2/c1-22(2)13-6-11-19-18(12-14-22)20(24-21(19)23)17-10-5-8-15-7-3-4-9-16(15)17/h3-12,14,20H,13H2,1-2H3/b11-6-,14-12-. The maximum absolute atomic E-state index is 12.4. The van der Waals surface area contributed by atoms with Crippen molar-refractivity contribution in [3.63, 3.8) is 0 Å². The number of rotatable bonds is 1. The highest BCUT2D eigenvalue weighted by Gasteiger charge is 2.34. The molecule has 0 saturated heterocycles. The maximum Gasteiger partial charge on any atom is 0.339 e. The van der Waals surface area contributed by atoms with E-state index in [1.54, 1.807) is 0 Å². The number of cyclic esters (lactones) is 1. The van der Waals surface area contributed by atoms with Crippen molar-refractivity contribution in [3.05, 3.63) is 83.5 Å². The number of hydrogen-bond acceptors (Lipinski definition) is 2. The SMILES string of the molecule is CC1(C)/C=C\C2=C(/C=C\C1)C(=O)OC2c1cccc2ccccc12. The molecule has 0 aromatic heterocycles. The lowest BCUT2D eigenvalue weighted by molar-refractivity contribution is -0.139. The zero-order valence-electron chi connectivity index (χ0n) is 14.0. The molecule has 0 bridgehead atoms. The fourth-order valence-corrected chi connectivity index (χ4v) is 3.41. The molecule has 2 aliphatic rings. The lowest BCUT2D eigenvalue weighted by atomic mass is 9.84. The first-order chi connectivity index (χ1) is 11.6. The summed E-state index contributed by atoms with van der Waals surface area (Å²) >= 11 is 0. The van der Waals surface area contributed by atoms with E-state index in [-0.39, 0.29) is 17.5 Å². The van der Waals surface area contributed by atoms with Gasteiger partial charge in [-0.25, -0.2) is 4.79 Å². The molecule has 1 heterocycles. The van der Waals surface area contributed by atoms with E-state index in [4.69, 9.17) is 4.74 Å². The highest BCUT2D eigenvalue weighted by atomic mass is 16.5. The first kappa shape index (κ1) is 14.9. The van der Waals surface area contributed by atoms with Gasteiger partial charge in [-0.15, -0.1) is 0 Å². The highest BCUT2D eigenvalue weighted by Crippen LogP contribution is 2.41. The summed E-state index contributed by atoms with van der Waals surface area (Å²) in [4.78, 5) is 12.4. The summed E-state index contributed by atoms with van der Waals surface area (Å²) in [5.74, 6) is -0.233. The van der Waals surface area contributed by atoms with Gasteiger partial charge in [0, 0.05) is 11.1 Å². The van der Waals surface area contributed by atoms with Crippen molar-refractivity contribution in [1.82, 2.24) is 0 Å². The number of esters is 1. The molecule has 0 amide bonds. The van der Waals surface area contributed by atoms with Gasteiger partial charge in [-0.2, -0.15) is 0 Å². The Kier molecular flexibility index (Phi) is 3.42. The fraction of sp³-hybridized carbons (Fsp3) is 0.227. The maximum atomic E-state index is 12.4. The molecule has 1 atom stereocenters. The summed E-state index contributed by atoms with van der Waals surface area (Å²) in [6.45, 7) is 4.40. The summed E-state index contributed by atoms with van der Waals surface area (Å²) in [7, 11) is 0. The third-order valence-electron chi connectivity index (χ3n) is 4.79. The number of carbonyl (C=O) groups excluding carboxylic acids is 1. The third-order valence-corrected chi connectivity index (χ3v) is 4.79. The second kappa shape index (κ2) is 5.48. The van der Waals surface area contributed by atoms with Gasteiger partial charge < -0.3 is 4.74 Å². The molecule has 24 heavy (non-hydrogen) atoms. The molecule has 2 aromatic rings. The molecule has 0 saturated carbocycles. The lowest BCUT2D eigenvalue weighted by Gasteiger charge is -2.20. The topological polar surface area (TPSA) is 26.3 Å². The molecule has 4 rings (SSSR count). The Labute approximate surface area is 142 Å². The van der Waals surface area contributed by atoms with Crippen LogP contribution in [0.2, 0.25) is 0 Å². The van der Waals surface area contributed by atoms with Crippen LogP contribution in [0.1, 0.15) is 31.9 Å². The number of hydrogen-bond donors (Lipinski definition) is 0. The van der Waals surface area contributed by atoms with Crippen molar-refractivity contribution < 1.29 is 9.53 Å². The van der Waals surface area contributed by atoms with E-state index in [2.05, 4.69) is 56.3 Å². The Morgan fingerprint density at radius 1 is 1.04 bits per heavy atom. The number of allylic oxidation sites excluding steroid dienone is 2. The van der Waals surface area contributed by atoms with E-state index >= 15 is 0 Å². The van der Waals surface area contributed by atoms with Crippen LogP contribution >= 0.6 is 0 Å². The van der Waals surface area contributed by atoms with Crippen molar-refractivity contribution in [2.45, 2.75) is 26.4 Å². The molecular formula is C22H20O2. The monoisotopic (exact) mass is 316 g/mol. The van der Waals surface area contributed by atoms with Gasteiger partial charge in [0.15, 0.2) is 6.10 Å². The summed E-state index contributed by atoms with van der Waals surface area (Å²) in [6.07, 6.45) is 8.84. The predicted molar refractivity (Wildman–Crippen MR) is 96.5 cm³/mol. The highest BCUT2D eigenvalue weighted by molar-refractivity contribution is 5.97. The predicted octanol–water partition coefficient (Wildman–Crippen LogP) is 5.28.